The van der Waals surface area contributed by atoms with Crippen LogP contribution in [0.15, 0.2) is 59.1 Å². The third-order valence-corrected chi connectivity index (χ3v) is 5.02. The van der Waals surface area contributed by atoms with Crippen LogP contribution in [-0.2, 0) is 7.05 Å². The summed E-state index contributed by atoms with van der Waals surface area (Å²) >= 11 is 0. The summed E-state index contributed by atoms with van der Waals surface area (Å²) in [4.78, 5) is 3.74. The van der Waals surface area contributed by atoms with Gasteiger partial charge >= 0.3 is 0 Å². The van der Waals surface area contributed by atoms with Crippen molar-refractivity contribution in [2.45, 2.75) is 6.92 Å². The Labute approximate surface area is 153 Å². The topological polar surface area (TPSA) is 29.9 Å². The largest absolute Gasteiger partial charge is 0.437 e. The van der Waals surface area contributed by atoms with E-state index >= 15 is 0 Å². The molecule has 0 unspecified atom stereocenters. The van der Waals surface area contributed by atoms with Crippen molar-refractivity contribution in [1.82, 2.24) is 4.98 Å². The van der Waals surface area contributed by atoms with Gasteiger partial charge in [-0.2, -0.15) is 9.37 Å². The van der Waals surface area contributed by atoms with Crippen LogP contribution in [0.5, 0.6) is 0 Å². The van der Waals surface area contributed by atoms with E-state index in [1.54, 1.807) is 6.07 Å². The van der Waals surface area contributed by atoms with Crippen LogP contribution in [0.3, 0.4) is 0 Å². The van der Waals surface area contributed by atoms with Crippen LogP contribution in [0.1, 0.15) is 5.56 Å². The highest BCUT2D eigenvalue weighted by Crippen LogP contribution is 2.39. The first-order chi connectivity index (χ1) is 13.0. The maximum absolute atomic E-state index is 14.4. The lowest BCUT2D eigenvalue weighted by Gasteiger charge is -2.08. The molecule has 0 fully saturated rings. The van der Waals surface area contributed by atoms with Crippen molar-refractivity contribution >= 4 is 32.8 Å². The monoisotopic (exact) mass is 361 g/mol. The first-order valence-electron chi connectivity index (χ1n) is 8.60. The van der Waals surface area contributed by atoms with E-state index in [1.165, 1.54) is 0 Å². The summed E-state index contributed by atoms with van der Waals surface area (Å²) < 4.78 is 35.9. The average molecular weight is 361 g/mol. The molecule has 3 heterocycles. The Hall–Kier alpha value is -3.34. The van der Waals surface area contributed by atoms with E-state index in [1.807, 2.05) is 61.1 Å². The fraction of sp³-hybridized carbons (Fsp3) is 0.0909. The van der Waals surface area contributed by atoms with Gasteiger partial charge in [-0.05, 0) is 23.9 Å². The zero-order chi connectivity index (χ0) is 18.7. The molecule has 3 nitrogen and oxygen atoms in total. The van der Waals surface area contributed by atoms with Gasteiger partial charge in [0.05, 0.1) is 16.3 Å². The van der Waals surface area contributed by atoms with Crippen molar-refractivity contribution in [2.75, 3.05) is 0 Å². The molecule has 0 amide bonds. The fourth-order valence-corrected chi connectivity index (χ4v) is 3.78. The summed E-state index contributed by atoms with van der Waals surface area (Å²) in [5, 5.41) is 2.94. The molecular formula is C22H15F2N2O+. The molecule has 0 N–H and O–H groups in total. The smallest absolute Gasteiger partial charge is 0.232 e. The summed E-state index contributed by atoms with van der Waals surface area (Å²) in [5.41, 5.74) is 3.27. The lowest BCUT2D eigenvalue weighted by Crippen LogP contribution is -2.30. The van der Waals surface area contributed by atoms with Crippen LogP contribution in [-0.4, -0.2) is 4.98 Å². The minimum Gasteiger partial charge on any atom is -0.437 e. The van der Waals surface area contributed by atoms with Gasteiger partial charge in [-0.15, -0.1) is 0 Å². The molecule has 0 aliphatic rings. The number of hydrogen-bond donors (Lipinski definition) is 0. The Bertz CT molecular complexity index is 1370. The molecule has 0 radical (unpaired) electrons. The summed E-state index contributed by atoms with van der Waals surface area (Å²) in [6, 6.07) is 14.6. The first kappa shape index (κ1) is 15.9. The molecule has 0 atom stereocenters. The molecule has 0 aliphatic heterocycles. The summed E-state index contributed by atoms with van der Waals surface area (Å²) in [6.07, 6.45) is 1.98. The zero-order valence-electron chi connectivity index (χ0n) is 14.8. The minimum atomic E-state index is -0.895. The quantitative estimate of drug-likeness (QED) is 0.303. The van der Waals surface area contributed by atoms with E-state index in [2.05, 4.69) is 4.98 Å². The number of hydrogen-bond acceptors (Lipinski definition) is 2. The van der Waals surface area contributed by atoms with Crippen molar-refractivity contribution in [1.29, 1.82) is 0 Å². The summed E-state index contributed by atoms with van der Waals surface area (Å²) in [5.74, 6) is -1.57. The lowest BCUT2D eigenvalue weighted by molar-refractivity contribution is -0.659. The maximum Gasteiger partial charge on any atom is 0.232 e. The Balaban J connectivity index is 1.99. The van der Waals surface area contributed by atoms with Crippen LogP contribution in [0.25, 0.3) is 44.1 Å². The Kier molecular flexibility index (Phi) is 3.28. The molecule has 27 heavy (non-hydrogen) atoms. The van der Waals surface area contributed by atoms with Crippen LogP contribution in [0, 0.1) is 18.7 Å². The highest BCUT2D eigenvalue weighted by Gasteiger charge is 2.24. The number of furan rings is 1. The number of fused-ring (bicyclic) bond motifs is 4. The molecule has 5 aromatic rings. The number of nitrogens with zero attached hydrogens (tertiary/aromatic N) is 2. The highest BCUT2D eigenvalue weighted by molar-refractivity contribution is 6.11. The van der Waals surface area contributed by atoms with Gasteiger partial charge in [-0.25, -0.2) is 8.96 Å². The SMILES string of the molecule is Cc1ccc2c(oc3nc(F)cc(F)c32)c1-c1c2ccccc2cc[n+]1C. The lowest BCUT2D eigenvalue weighted by atomic mass is 9.97. The van der Waals surface area contributed by atoms with Gasteiger partial charge in [-0.3, -0.25) is 0 Å². The number of aryl methyl sites for hydroxylation is 2. The van der Waals surface area contributed by atoms with Gasteiger partial charge in [0.25, 0.3) is 0 Å². The van der Waals surface area contributed by atoms with E-state index in [0.717, 1.165) is 33.7 Å². The van der Waals surface area contributed by atoms with Crippen molar-refractivity contribution in [2.24, 2.45) is 7.05 Å². The molecule has 0 bridgehead atoms. The van der Waals surface area contributed by atoms with Crippen LogP contribution < -0.4 is 4.57 Å². The Morgan fingerprint density at radius 3 is 2.67 bits per heavy atom. The minimum absolute atomic E-state index is 0.0303. The Morgan fingerprint density at radius 1 is 1.00 bits per heavy atom. The zero-order valence-corrected chi connectivity index (χ0v) is 14.8. The van der Waals surface area contributed by atoms with Gasteiger partial charge in [0.2, 0.25) is 17.4 Å². The fourth-order valence-electron chi connectivity index (χ4n) is 3.78. The molecule has 0 saturated heterocycles. The average Bonchev–Trinajstić information content (AvgIpc) is 3.01. The van der Waals surface area contributed by atoms with Gasteiger partial charge in [0, 0.05) is 17.5 Å². The predicted octanol–water partition coefficient (Wildman–Crippen LogP) is 5.21. The third kappa shape index (κ3) is 2.24. The molecule has 0 spiro atoms. The second-order valence-electron chi connectivity index (χ2n) is 6.71. The van der Waals surface area contributed by atoms with Gasteiger partial charge in [-0.1, -0.05) is 30.3 Å². The predicted molar refractivity (Wildman–Crippen MR) is 100 cm³/mol. The number of halogens is 2. The molecular weight excluding hydrogens is 346 g/mol. The number of benzene rings is 2. The van der Waals surface area contributed by atoms with Crippen LogP contribution >= 0.6 is 0 Å². The third-order valence-electron chi connectivity index (χ3n) is 5.02. The number of pyridine rings is 2. The van der Waals surface area contributed by atoms with E-state index in [-0.39, 0.29) is 11.1 Å². The second-order valence-corrected chi connectivity index (χ2v) is 6.71. The molecule has 0 aliphatic carbocycles. The highest BCUT2D eigenvalue weighted by atomic mass is 19.1. The summed E-state index contributed by atoms with van der Waals surface area (Å²) in [6.45, 7) is 1.98. The number of aromatic nitrogens is 2. The Morgan fingerprint density at radius 2 is 1.81 bits per heavy atom. The van der Waals surface area contributed by atoms with Crippen molar-refractivity contribution in [3.8, 4) is 11.3 Å². The van der Waals surface area contributed by atoms with Gasteiger partial charge in [0.15, 0.2) is 11.8 Å². The van der Waals surface area contributed by atoms with E-state index in [0.29, 0.717) is 11.0 Å². The van der Waals surface area contributed by atoms with Crippen molar-refractivity contribution < 1.29 is 17.8 Å². The molecule has 5 rings (SSSR count). The molecule has 5 heteroatoms. The van der Waals surface area contributed by atoms with Crippen LogP contribution in [0.2, 0.25) is 0 Å². The number of rotatable bonds is 1. The molecule has 0 saturated carbocycles. The normalized spacial score (nSPS) is 11.7. The summed E-state index contributed by atoms with van der Waals surface area (Å²) in [7, 11) is 1.96. The molecule has 132 valence electrons. The van der Waals surface area contributed by atoms with Crippen molar-refractivity contribution in [3.63, 3.8) is 0 Å². The molecule has 3 aromatic heterocycles. The molecule has 2 aromatic carbocycles. The van der Waals surface area contributed by atoms with E-state index < -0.39 is 11.8 Å². The maximum atomic E-state index is 14.4. The standard InChI is InChI=1S/C22H15F2N2O/c1-12-7-8-15-19-16(23)11-17(24)25-22(19)27-21(15)18(12)20-14-6-4-3-5-13(14)9-10-26(20)2/h3-11H,1-2H3/q+1. The van der Waals surface area contributed by atoms with E-state index in [9.17, 15) is 8.78 Å². The van der Waals surface area contributed by atoms with E-state index in [4.69, 9.17) is 4.42 Å². The first-order valence-corrected chi connectivity index (χ1v) is 8.60. The van der Waals surface area contributed by atoms with Gasteiger partial charge < -0.3 is 4.42 Å². The van der Waals surface area contributed by atoms with Crippen molar-refractivity contribution in [3.05, 3.63) is 72.1 Å². The second kappa shape index (κ2) is 5.58. The van der Waals surface area contributed by atoms with Gasteiger partial charge in [0.1, 0.15) is 12.9 Å². The van der Waals surface area contributed by atoms with Crippen LogP contribution in [0.4, 0.5) is 8.78 Å².